The van der Waals surface area contributed by atoms with Crippen molar-refractivity contribution in [3.63, 3.8) is 0 Å². The first kappa shape index (κ1) is 15.5. The van der Waals surface area contributed by atoms with E-state index in [2.05, 4.69) is 15.9 Å². The molecule has 0 aromatic heterocycles. The number of halogens is 4. The minimum Gasteiger partial charge on any atom is -0.207 e. The van der Waals surface area contributed by atoms with Crippen LogP contribution in [0, 0.1) is 17.6 Å². The lowest BCUT2D eigenvalue weighted by Gasteiger charge is -2.15. The first-order valence-electron chi connectivity index (χ1n) is 6.33. The highest BCUT2D eigenvalue weighted by Crippen LogP contribution is 2.23. The number of hydrogen-bond donors (Lipinski definition) is 0. The van der Waals surface area contributed by atoms with Crippen LogP contribution in [0.1, 0.15) is 11.1 Å². The molecule has 0 amide bonds. The quantitative estimate of drug-likeness (QED) is 0.630. The summed E-state index contributed by atoms with van der Waals surface area (Å²) in [7, 11) is 0. The summed E-state index contributed by atoms with van der Waals surface area (Å²) < 4.78 is 27.0. The van der Waals surface area contributed by atoms with Crippen molar-refractivity contribution in [3.05, 3.63) is 69.7 Å². The Morgan fingerprint density at radius 1 is 0.950 bits per heavy atom. The summed E-state index contributed by atoms with van der Waals surface area (Å²) in [5, 5.41) is 0. The van der Waals surface area contributed by atoms with Crippen molar-refractivity contribution < 1.29 is 8.78 Å². The molecule has 0 radical (unpaired) electrons. The van der Waals surface area contributed by atoms with Gasteiger partial charge in [0.1, 0.15) is 11.6 Å². The van der Waals surface area contributed by atoms with E-state index in [9.17, 15) is 8.78 Å². The van der Waals surface area contributed by atoms with Gasteiger partial charge in [0.25, 0.3) is 0 Å². The van der Waals surface area contributed by atoms with Crippen LogP contribution >= 0.6 is 27.5 Å². The van der Waals surface area contributed by atoms with Gasteiger partial charge in [-0.25, -0.2) is 8.78 Å². The third-order valence-corrected chi connectivity index (χ3v) is 4.38. The molecule has 106 valence electrons. The summed E-state index contributed by atoms with van der Waals surface area (Å²) in [5.41, 5.74) is 1.93. The average Bonchev–Trinajstić information content (AvgIpc) is 2.44. The Kier molecular flexibility index (Phi) is 5.55. The van der Waals surface area contributed by atoms with Crippen LogP contribution < -0.4 is 0 Å². The van der Waals surface area contributed by atoms with Gasteiger partial charge in [-0.3, -0.25) is 0 Å². The second-order valence-electron chi connectivity index (χ2n) is 4.79. The summed E-state index contributed by atoms with van der Waals surface area (Å²) in [6.45, 7) is 0. The van der Waals surface area contributed by atoms with Crippen molar-refractivity contribution in [1.29, 1.82) is 0 Å². The Balaban J connectivity index is 2.08. The molecule has 1 unspecified atom stereocenters. The van der Waals surface area contributed by atoms with Crippen molar-refractivity contribution in [2.75, 3.05) is 5.88 Å². The number of alkyl halides is 1. The largest absolute Gasteiger partial charge is 0.207 e. The molecule has 0 nitrogen and oxygen atoms in total. The SMILES string of the molecule is Fc1ccc(CC(CCl)Cc2cc(F)ccc2Br)cc1. The van der Waals surface area contributed by atoms with E-state index in [1.807, 2.05) is 0 Å². The zero-order chi connectivity index (χ0) is 14.5. The fourth-order valence-corrected chi connectivity index (χ4v) is 2.77. The highest BCUT2D eigenvalue weighted by molar-refractivity contribution is 9.10. The van der Waals surface area contributed by atoms with Gasteiger partial charge in [-0.2, -0.15) is 0 Å². The Morgan fingerprint density at radius 2 is 1.60 bits per heavy atom. The van der Waals surface area contributed by atoms with Gasteiger partial charge in [0.2, 0.25) is 0 Å². The van der Waals surface area contributed by atoms with Crippen molar-refractivity contribution in [2.45, 2.75) is 12.8 Å². The minimum absolute atomic E-state index is 0.181. The molecule has 0 saturated heterocycles. The fraction of sp³-hybridized carbons (Fsp3) is 0.250. The van der Waals surface area contributed by atoms with E-state index in [-0.39, 0.29) is 17.6 Å². The molecule has 2 aromatic carbocycles. The van der Waals surface area contributed by atoms with Gasteiger partial charge in [0.15, 0.2) is 0 Å². The molecule has 0 aliphatic rings. The molecular weight excluding hydrogens is 346 g/mol. The maximum Gasteiger partial charge on any atom is 0.123 e. The zero-order valence-corrected chi connectivity index (χ0v) is 13.1. The number of benzene rings is 2. The molecular formula is C16H14BrClF2. The van der Waals surface area contributed by atoms with E-state index in [4.69, 9.17) is 11.6 Å². The lowest BCUT2D eigenvalue weighted by atomic mass is 9.94. The molecule has 0 saturated carbocycles. The van der Waals surface area contributed by atoms with Crippen molar-refractivity contribution in [2.24, 2.45) is 5.92 Å². The van der Waals surface area contributed by atoms with Gasteiger partial charge in [-0.1, -0.05) is 28.1 Å². The topological polar surface area (TPSA) is 0 Å². The van der Waals surface area contributed by atoms with Crippen LogP contribution in [0.3, 0.4) is 0 Å². The molecule has 2 rings (SSSR count). The normalized spacial score (nSPS) is 12.4. The van der Waals surface area contributed by atoms with E-state index in [0.717, 1.165) is 22.0 Å². The van der Waals surface area contributed by atoms with E-state index in [0.29, 0.717) is 12.3 Å². The molecule has 0 N–H and O–H groups in total. The number of rotatable bonds is 5. The van der Waals surface area contributed by atoms with Crippen LogP contribution in [0.5, 0.6) is 0 Å². The van der Waals surface area contributed by atoms with Gasteiger partial charge in [-0.05, 0) is 60.2 Å². The summed E-state index contributed by atoms with van der Waals surface area (Å²) in [4.78, 5) is 0. The molecule has 4 heteroatoms. The Labute approximate surface area is 130 Å². The second kappa shape index (κ2) is 7.19. The van der Waals surface area contributed by atoms with Gasteiger partial charge in [0.05, 0.1) is 0 Å². The molecule has 2 aromatic rings. The Hall–Kier alpha value is -0.930. The van der Waals surface area contributed by atoms with Crippen LogP contribution in [-0.2, 0) is 12.8 Å². The fourth-order valence-electron chi connectivity index (χ4n) is 2.15. The molecule has 0 spiro atoms. The van der Waals surface area contributed by atoms with E-state index in [1.165, 1.54) is 24.3 Å². The molecule has 0 aliphatic carbocycles. The Bertz CT molecular complexity index is 569. The molecule has 0 fully saturated rings. The van der Waals surface area contributed by atoms with Crippen molar-refractivity contribution >= 4 is 27.5 Å². The summed E-state index contributed by atoms with van der Waals surface area (Å²) in [6, 6.07) is 11.0. The van der Waals surface area contributed by atoms with E-state index >= 15 is 0 Å². The van der Waals surface area contributed by atoms with Crippen molar-refractivity contribution in [3.8, 4) is 0 Å². The van der Waals surface area contributed by atoms with Crippen LogP contribution in [0.4, 0.5) is 8.78 Å². The second-order valence-corrected chi connectivity index (χ2v) is 5.95. The molecule has 0 bridgehead atoms. The van der Waals surface area contributed by atoms with Crippen LogP contribution in [0.2, 0.25) is 0 Å². The van der Waals surface area contributed by atoms with Gasteiger partial charge < -0.3 is 0 Å². The third-order valence-electron chi connectivity index (χ3n) is 3.17. The van der Waals surface area contributed by atoms with Crippen LogP contribution in [0.15, 0.2) is 46.9 Å². The molecule has 0 aliphatic heterocycles. The van der Waals surface area contributed by atoms with Gasteiger partial charge >= 0.3 is 0 Å². The molecule has 1 atom stereocenters. The third kappa shape index (κ3) is 4.29. The predicted molar refractivity (Wildman–Crippen MR) is 82.1 cm³/mol. The highest BCUT2D eigenvalue weighted by atomic mass is 79.9. The molecule has 20 heavy (non-hydrogen) atoms. The summed E-state index contributed by atoms with van der Waals surface area (Å²) >= 11 is 9.43. The minimum atomic E-state index is -0.252. The lowest BCUT2D eigenvalue weighted by molar-refractivity contribution is 0.573. The zero-order valence-electron chi connectivity index (χ0n) is 10.8. The maximum absolute atomic E-state index is 13.3. The summed E-state index contributed by atoms with van der Waals surface area (Å²) in [5.74, 6) is 0.155. The van der Waals surface area contributed by atoms with E-state index < -0.39 is 0 Å². The van der Waals surface area contributed by atoms with E-state index in [1.54, 1.807) is 18.2 Å². The average molecular weight is 360 g/mol. The monoisotopic (exact) mass is 358 g/mol. The predicted octanol–water partition coefficient (Wildman–Crippen LogP) is 5.37. The first-order chi connectivity index (χ1) is 9.58. The Morgan fingerprint density at radius 3 is 2.25 bits per heavy atom. The number of hydrogen-bond acceptors (Lipinski definition) is 0. The lowest BCUT2D eigenvalue weighted by Crippen LogP contribution is -2.11. The van der Waals surface area contributed by atoms with Crippen molar-refractivity contribution in [1.82, 2.24) is 0 Å². The smallest absolute Gasteiger partial charge is 0.123 e. The molecule has 0 heterocycles. The van der Waals surface area contributed by atoms with Gasteiger partial charge in [0, 0.05) is 10.4 Å². The maximum atomic E-state index is 13.3. The van der Waals surface area contributed by atoms with Gasteiger partial charge in [-0.15, -0.1) is 11.6 Å². The standard InChI is InChI=1S/C16H14BrClF2/c17-16-6-5-15(20)9-13(16)8-12(10-18)7-11-1-3-14(19)4-2-11/h1-6,9,12H,7-8,10H2. The first-order valence-corrected chi connectivity index (χ1v) is 7.65. The highest BCUT2D eigenvalue weighted by Gasteiger charge is 2.12. The van der Waals surface area contributed by atoms with Crippen LogP contribution in [-0.4, -0.2) is 5.88 Å². The summed E-state index contributed by atoms with van der Waals surface area (Å²) in [6.07, 6.45) is 1.42. The van der Waals surface area contributed by atoms with Crippen LogP contribution in [0.25, 0.3) is 0 Å².